The van der Waals surface area contributed by atoms with E-state index in [1.165, 1.54) is 138 Å². The van der Waals surface area contributed by atoms with Crippen molar-refractivity contribution in [3.05, 3.63) is 89.5 Å². The maximum absolute atomic E-state index is 15.6. The van der Waals surface area contributed by atoms with Crippen LogP contribution in [0.4, 0.5) is 0 Å². The van der Waals surface area contributed by atoms with E-state index in [9.17, 15) is 0 Å². The molecule has 3 aromatic rings. The van der Waals surface area contributed by atoms with Crippen molar-refractivity contribution in [3.63, 3.8) is 0 Å². The first-order chi connectivity index (χ1) is 25.0. The van der Waals surface area contributed by atoms with Crippen LogP contribution in [-0.4, -0.2) is 0 Å². The van der Waals surface area contributed by atoms with E-state index in [2.05, 4.69) is 81.4 Å². The first-order valence-electron chi connectivity index (χ1n) is 20.7. The number of para-hydroxylation sites is 1. The average Bonchev–Trinajstić information content (AvgIpc) is 3.15. The van der Waals surface area contributed by atoms with Crippen LogP contribution in [0.1, 0.15) is 172 Å². The lowest BCUT2D eigenvalue weighted by atomic mass is 10.0. The van der Waals surface area contributed by atoms with Crippen LogP contribution in [0.15, 0.2) is 82.6 Å². The Bertz CT molecular complexity index is 1360. The second-order valence-corrected chi connectivity index (χ2v) is 23.9. The van der Waals surface area contributed by atoms with Crippen molar-refractivity contribution in [2.24, 2.45) is 0 Å². The number of benzene rings is 3. The molecule has 284 valence electrons. The summed E-state index contributed by atoms with van der Waals surface area (Å²) in [5.41, 5.74) is 3.65. The highest BCUT2D eigenvalue weighted by molar-refractivity contribution is 8.92. The molecule has 0 aromatic heterocycles. The third-order valence-electron chi connectivity index (χ3n) is 9.88. The van der Waals surface area contributed by atoms with Crippen LogP contribution >= 0.6 is 17.2 Å². The molecule has 0 amide bonds. The quantitative estimate of drug-likeness (QED) is 0.0498. The Morgan fingerprint density at radius 2 is 0.902 bits per heavy atom. The molecule has 51 heavy (non-hydrogen) atoms. The third kappa shape index (κ3) is 17.1. The van der Waals surface area contributed by atoms with Gasteiger partial charge < -0.3 is 4.52 Å². The fraction of sp³-hybridized carbons (Fsp3) is 0.600. The summed E-state index contributed by atoms with van der Waals surface area (Å²) in [5, 5.41) is 0. The molecule has 0 fully saturated rings. The van der Waals surface area contributed by atoms with Gasteiger partial charge in [0, 0.05) is 18.9 Å². The van der Waals surface area contributed by atoms with Crippen molar-refractivity contribution in [2.45, 2.75) is 185 Å². The maximum atomic E-state index is 15.6. The van der Waals surface area contributed by atoms with Crippen LogP contribution in [0.25, 0.3) is 0 Å². The zero-order valence-electron chi connectivity index (χ0n) is 32.4. The second-order valence-electron chi connectivity index (χ2n) is 14.3. The van der Waals surface area contributed by atoms with Gasteiger partial charge in [0.2, 0.25) is 0 Å². The van der Waals surface area contributed by atoms with Crippen molar-refractivity contribution >= 4 is 37.4 Å². The van der Waals surface area contributed by atoms with Crippen molar-refractivity contribution in [3.8, 4) is 5.75 Å². The summed E-state index contributed by atoms with van der Waals surface area (Å²) >= 11 is 7.82. The third-order valence-corrected chi connectivity index (χ3v) is 21.0. The second kappa shape index (κ2) is 27.2. The van der Waals surface area contributed by atoms with Crippen LogP contribution in [0.5, 0.6) is 5.75 Å². The summed E-state index contributed by atoms with van der Waals surface area (Å²) < 4.78 is 22.4. The number of unbranched alkanes of at least 4 members (excludes halogenated alkanes) is 18. The van der Waals surface area contributed by atoms with E-state index in [4.69, 9.17) is 15.7 Å². The molecular weight excluding hydrogens is 700 g/mol. The van der Waals surface area contributed by atoms with Crippen LogP contribution in [0.3, 0.4) is 0 Å². The van der Waals surface area contributed by atoms with Crippen LogP contribution in [0, 0.1) is 0 Å². The normalized spacial score (nSPS) is 13.2. The van der Waals surface area contributed by atoms with Gasteiger partial charge in [-0.1, -0.05) is 191 Å². The van der Waals surface area contributed by atoms with Gasteiger partial charge in [0.05, 0.1) is 0 Å². The van der Waals surface area contributed by atoms with E-state index in [0.717, 1.165) is 59.6 Å². The zero-order valence-corrected chi connectivity index (χ0v) is 35.7. The smallest absolute Gasteiger partial charge is 0.372 e. The molecule has 0 heterocycles. The summed E-state index contributed by atoms with van der Waals surface area (Å²) in [7, 11) is -1.02. The highest BCUT2D eigenvalue weighted by Gasteiger charge is 2.35. The van der Waals surface area contributed by atoms with Crippen molar-refractivity contribution in [1.29, 1.82) is 0 Å². The van der Waals surface area contributed by atoms with Gasteiger partial charge in [-0.25, -0.2) is 0 Å². The first-order valence-corrected chi connectivity index (χ1v) is 26.5. The molecule has 2 nitrogen and oxygen atoms in total. The van der Waals surface area contributed by atoms with Gasteiger partial charge in [0.1, 0.15) is 5.75 Å². The molecule has 0 N–H and O–H groups in total. The molecule has 3 rings (SSSR count). The molecule has 6 heteroatoms. The summed E-state index contributed by atoms with van der Waals surface area (Å²) in [6.07, 6.45) is 29.6. The molecular formula is C45H69O2PS3. The van der Waals surface area contributed by atoms with Gasteiger partial charge >= 0.3 is 5.77 Å². The molecule has 0 aliphatic heterocycles. The van der Waals surface area contributed by atoms with Crippen molar-refractivity contribution in [1.82, 2.24) is 0 Å². The monoisotopic (exact) mass is 768 g/mol. The van der Waals surface area contributed by atoms with Crippen molar-refractivity contribution in [2.75, 3.05) is 0 Å². The molecule has 0 saturated heterocycles. The van der Waals surface area contributed by atoms with Gasteiger partial charge in [-0.15, -0.1) is 0 Å². The molecule has 3 aromatic carbocycles. The minimum Gasteiger partial charge on any atom is -0.428 e. The van der Waals surface area contributed by atoms with Crippen LogP contribution < -0.4 is 4.52 Å². The molecule has 0 bridgehead atoms. The average molecular weight is 769 g/mol. The Morgan fingerprint density at radius 3 is 1.45 bits per heavy atom. The topological polar surface area (TPSA) is 26.3 Å². The predicted octanol–water partition coefficient (Wildman–Crippen LogP) is 16.0. The first kappa shape index (κ1) is 44.0. The Morgan fingerprint density at radius 1 is 0.510 bits per heavy atom. The highest BCUT2D eigenvalue weighted by atomic mass is 33.3. The van der Waals surface area contributed by atoms with Gasteiger partial charge in [0.15, 0.2) is 0 Å². The highest BCUT2D eigenvalue weighted by Crippen LogP contribution is 2.68. The van der Waals surface area contributed by atoms with Gasteiger partial charge in [0.25, 0.3) is 0 Å². The van der Waals surface area contributed by atoms with Gasteiger partial charge in [-0.3, -0.25) is 4.57 Å². The van der Waals surface area contributed by atoms with E-state index in [1.807, 2.05) is 12.1 Å². The largest absolute Gasteiger partial charge is 0.428 e. The minimum absolute atomic E-state index is 0.746. The van der Waals surface area contributed by atoms with Gasteiger partial charge in [-0.05, 0) is 96.0 Å². The Labute approximate surface area is 324 Å². The van der Waals surface area contributed by atoms with E-state index < -0.39 is 14.8 Å². The molecule has 2 atom stereocenters. The van der Waals surface area contributed by atoms with Crippen molar-refractivity contribution < 1.29 is 9.09 Å². The number of aryl methyl sites for hydroxylation is 3. The van der Waals surface area contributed by atoms with Gasteiger partial charge in [-0.2, -0.15) is 0 Å². The SMILES string of the molecule is CCCCCCCCCc1ccccc1OP(=O)(Sc1ccccc1CCCCCCCCC)S(=S)c1ccccc1CCCCCCCCC. The number of rotatable bonds is 30. The minimum atomic E-state index is -3.47. The Hall–Kier alpha value is -1.39. The Kier molecular flexibility index (Phi) is 23.5. The molecule has 0 radical (unpaired) electrons. The van der Waals surface area contributed by atoms with E-state index in [0.29, 0.717) is 0 Å². The number of hydrogen-bond donors (Lipinski definition) is 0. The fourth-order valence-electron chi connectivity index (χ4n) is 6.74. The summed E-state index contributed by atoms with van der Waals surface area (Å²) in [5.74, 6) is -2.72. The standard InChI is InChI=1S/C45H69O2PS3/c1-4-7-10-13-16-19-22-31-40-32-25-28-37-43(40)47-48(46,50-44-38-29-26-34-41(44)33-23-20-17-14-11-8-5-2)51(49)45-39-30-27-36-42(45)35-24-21-18-15-12-9-6-3/h25-30,32,34,36-39H,4-24,31,33,35H2,1-3H3. The predicted molar refractivity (Wildman–Crippen MR) is 232 cm³/mol. The lowest BCUT2D eigenvalue weighted by molar-refractivity contribution is 0.510. The Balaban J connectivity index is 1.83. The molecule has 0 spiro atoms. The fourth-order valence-corrected chi connectivity index (χ4v) is 16.0. The molecule has 0 aliphatic carbocycles. The van der Waals surface area contributed by atoms with E-state index >= 15 is 4.57 Å². The van der Waals surface area contributed by atoms with Crippen LogP contribution in [0.2, 0.25) is 0 Å². The van der Waals surface area contributed by atoms with E-state index in [1.54, 1.807) is 0 Å². The number of hydrogen-bond acceptors (Lipinski definition) is 4. The lowest BCUT2D eigenvalue weighted by Gasteiger charge is -2.24. The zero-order chi connectivity index (χ0) is 36.4. The molecule has 0 saturated carbocycles. The van der Waals surface area contributed by atoms with Crippen LogP contribution in [-0.2, 0) is 44.1 Å². The summed E-state index contributed by atoms with van der Waals surface area (Å²) in [4.78, 5) is 2.09. The summed E-state index contributed by atoms with van der Waals surface area (Å²) in [6, 6.07) is 25.3. The molecule has 0 aliphatic rings. The molecule has 2 unspecified atom stereocenters. The van der Waals surface area contributed by atoms with E-state index in [-0.39, 0.29) is 0 Å². The lowest BCUT2D eigenvalue weighted by Crippen LogP contribution is -2.03. The summed E-state index contributed by atoms with van der Waals surface area (Å²) in [6.45, 7) is 6.81. The maximum Gasteiger partial charge on any atom is 0.372 e.